The summed E-state index contributed by atoms with van der Waals surface area (Å²) in [6.07, 6.45) is 3.05. The van der Waals surface area contributed by atoms with Gasteiger partial charge in [0.2, 0.25) is 0 Å². The highest BCUT2D eigenvalue weighted by molar-refractivity contribution is 5.99. The average Bonchev–Trinajstić information content (AvgIpc) is 2.65. The number of nitro benzene ring substituents is 1. The van der Waals surface area contributed by atoms with Gasteiger partial charge in [-0.3, -0.25) is 15.1 Å². The summed E-state index contributed by atoms with van der Waals surface area (Å²) < 4.78 is 5.35. The zero-order valence-electron chi connectivity index (χ0n) is 13.5. The van der Waals surface area contributed by atoms with Crippen LogP contribution in [0, 0.1) is 10.1 Å². The number of benzene rings is 2. The number of aliphatic hydroxyl groups is 1. The Morgan fingerprint density at radius 2 is 2.04 bits per heavy atom. The van der Waals surface area contributed by atoms with Crippen LogP contribution in [0.15, 0.2) is 54.9 Å². The van der Waals surface area contributed by atoms with E-state index in [0.29, 0.717) is 22.2 Å². The van der Waals surface area contributed by atoms with Crippen molar-refractivity contribution in [3.8, 4) is 5.75 Å². The van der Waals surface area contributed by atoms with Crippen molar-refractivity contribution in [2.75, 3.05) is 19.0 Å². The Kier molecular flexibility index (Phi) is 4.76. The quantitative estimate of drug-likeness (QED) is 0.528. The number of nitrogens with zero attached hydrogens (tertiary/aromatic N) is 2. The molecule has 0 aliphatic rings. The minimum absolute atomic E-state index is 0.00788. The van der Waals surface area contributed by atoms with Crippen LogP contribution >= 0.6 is 0 Å². The van der Waals surface area contributed by atoms with E-state index in [4.69, 9.17) is 4.74 Å². The topological polar surface area (TPSA) is 97.5 Å². The molecule has 0 amide bonds. The molecule has 128 valence electrons. The van der Waals surface area contributed by atoms with Crippen molar-refractivity contribution < 1.29 is 14.8 Å². The summed E-state index contributed by atoms with van der Waals surface area (Å²) in [4.78, 5) is 14.8. The van der Waals surface area contributed by atoms with Crippen LogP contribution in [-0.4, -0.2) is 28.7 Å². The van der Waals surface area contributed by atoms with Gasteiger partial charge in [-0.2, -0.15) is 0 Å². The molecule has 25 heavy (non-hydrogen) atoms. The van der Waals surface area contributed by atoms with Gasteiger partial charge < -0.3 is 15.2 Å². The molecule has 3 aromatic rings. The van der Waals surface area contributed by atoms with Crippen LogP contribution in [0.25, 0.3) is 10.8 Å². The number of non-ortho nitro benzene ring substituents is 1. The maximum absolute atomic E-state index is 11.2. The van der Waals surface area contributed by atoms with Gasteiger partial charge in [-0.15, -0.1) is 0 Å². The fourth-order valence-corrected chi connectivity index (χ4v) is 2.82. The van der Waals surface area contributed by atoms with Crippen LogP contribution in [0.3, 0.4) is 0 Å². The molecule has 0 radical (unpaired) electrons. The van der Waals surface area contributed by atoms with Gasteiger partial charge >= 0.3 is 0 Å². The number of methoxy groups -OCH3 is 1. The highest BCUT2D eigenvalue weighted by Gasteiger charge is 2.19. The molecule has 0 aliphatic carbocycles. The summed E-state index contributed by atoms with van der Waals surface area (Å²) in [6, 6.07) is 11.8. The Labute approximate surface area is 144 Å². The largest absolute Gasteiger partial charge is 0.496 e. The summed E-state index contributed by atoms with van der Waals surface area (Å²) >= 11 is 0. The second-order valence-electron chi connectivity index (χ2n) is 5.43. The number of aromatic nitrogens is 1. The zero-order chi connectivity index (χ0) is 17.8. The van der Waals surface area contributed by atoms with E-state index in [1.807, 2.05) is 24.3 Å². The van der Waals surface area contributed by atoms with Gasteiger partial charge in [0.1, 0.15) is 5.75 Å². The maximum atomic E-state index is 11.2. The van der Waals surface area contributed by atoms with Gasteiger partial charge in [0.05, 0.1) is 30.1 Å². The van der Waals surface area contributed by atoms with Gasteiger partial charge in [-0.25, -0.2) is 0 Å². The Bertz CT molecular complexity index is 914. The number of nitro groups is 1. The van der Waals surface area contributed by atoms with Crippen LogP contribution in [0.5, 0.6) is 5.75 Å². The van der Waals surface area contributed by atoms with E-state index in [1.54, 1.807) is 25.4 Å². The molecule has 0 aliphatic heterocycles. The smallest absolute Gasteiger partial charge is 0.278 e. The fourth-order valence-electron chi connectivity index (χ4n) is 2.82. The number of pyridine rings is 1. The van der Waals surface area contributed by atoms with Crippen molar-refractivity contribution in [1.29, 1.82) is 0 Å². The van der Waals surface area contributed by atoms with Crippen molar-refractivity contribution >= 4 is 22.1 Å². The molecule has 1 aromatic heterocycles. The molecule has 2 aromatic carbocycles. The molecule has 3 rings (SSSR count). The number of aliphatic hydroxyl groups excluding tert-OH is 1. The first-order chi connectivity index (χ1) is 12.2. The second kappa shape index (κ2) is 7.14. The minimum Gasteiger partial charge on any atom is -0.496 e. The standard InChI is InChI=1S/C18H17N3O4/c1-25-18-5-3-2-4-13(18)16(11-22)20-15-6-7-17(21(23)24)14-10-19-9-8-12(14)15/h2-10,16,20,22H,11H2,1H3. The molecule has 0 bridgehead atoms. The average molecular weight is 339 g/mol. The molecule has 2 N–H and O–H groups in total. The SMILES string of the molecule is COc1ccccc1C(CO)Nc1ccc([N+](=O)[O-])c2cnccc12. The van der Waals surface area contributed by atoms with E-state index in [1.165, 1.54) is 12.3 Å². The van der Waals surface area contributed by atoms with Crippen molar-refractivity contribution in [2.45, 2.75) is 6.04 Å². The maximum Gasteiger partial charge on any atom is 0.278 e. The second-order valence-corrected chi connectivity index (χ2v) is 5.43. The third-order valence-corrected chi connectivity index (χ3v) is 4.02. The van der Waals surface area contributed by atoms with Crippen LogP contribution in [0.2, 0.25) is 0 Å². The first-order valence-corrected chi connectivity index (χ1v) is 7.67. The molecular weight excluding hydrogens is 322 g/mol. The summed E-state index contributed by atoms with van der Waals surface area (Å²) in [6.45, 7) is -0.163. The lowest BCUT2D eigenvalue weighted by Gasteiger charge is -2.21. The van der Waals surface area contributed by atoms with Crippen LogP contribution in [-0.2, 0) is 0 Å². The molecule has 0 saturated heterocycles. The Morgan fingerprint density at radius 3 is 2.76 bits per heavy atom. The fraction of sp³-hybridized carbons (Fsp3) is 0.167. The lowest BCUT2D eigenvalue weighted by molar-refractivity contribution is -0.383. The highest BCUT2D eigenvalue weighted by atomic mass is 16.6. The Morgan fingerprint density at radius 1 is 1.24 bits per heavy atom. The number of nitrogens with one attached hydrogen (secondary N) is 1. The van der Waals surface area contributed by atoms with Crippen molar-refractivity contribution in [3.05, 3.63) is 70.5 Å². The number of hydrogen-bond donors (Lipinski definition) is 2. The van der Waals surface area contributed by atoms with E-state index in [9.17, 15) is 15.2 Å². The predicted molar refractivity (Wildman–Crippen MR) is 94.8 cm³/mol. The van der Waals surface area contributed by atoms with Gasteiger partial charge in [0.15, 0.2) is 0 Å². The van der Waals surface area contributed by atoms with E-state index >= 15 is 0 Å². The van der Waals surface area contributed by atoms with Crippen LogP contribution in [0.4, 0.5) is 11.4 Å². The summed E-state index contributed by atoms with van der Waals surface area (Å²) in [7, 11) is 1.57. The first-order valence-electron chi connectivity index (χ1n) is 7.67. The third-order valence-electron chi connectivity index (χ3n) is 4.02. The highest BCUT2D eigenvalue weighted by Crippen LogP contribution is 2.34. The van der Waals surface area contributed by atoms with Gasteiger partial charge in [-0.1, -0.05) is 18.2 Å². The van der Waals surface area contributed by atoms with Crippen LogP contribution < -0.4 is 10.1 Å². The number of rotatable bonds is 6. The summed E-state index contributed by atoms with van der Waals surface area (Å²) in [5, 5.41) is 25.4. The minimum atomic E-state index is -0.433. The normalized spacial score (nSPS) is 11.9. The lowest BCUT2D eigenvalue weighted by atomic mass is 10.0. The monoisotopic (exact) mass is 339 g/mol. The molecule has 7 heteroatoms. The van der Waals surface area contributed by atoms with E-state index < -0.39 is 11.0 Å². The third kappa shape index (κ3) is 3.22. The Hall–Kier alpha value is -3.19. The number of hydrogen-bond acceptors (Lipinski definition) is 6. The van der Waals surface area contributed by atoms with Crippen LogP contribution in [0.1, 0.15) is 11.6 Å². The van der Waals surface area contributed by atoms with Gasteiger partial charge in [0.25, 0.3) is 5.69 Å². The van der Waals surface area contributed by atoms with Crippen molar-refractivity contribution in [1.82, 2.24) is 4.98 Å². The van der Waals surface area contributed by atoms with E-state index in [0.717, 1.165) is 5.56 Å². The molecule has 7 nitrogen and oxygen atoms in total. The molecule has 0 saturated carbocycles. The summed E-state index contributed by atoms with van der Waals surface area (Å²) in [5.74, 6) is 0.655. The molecule has 1 unspecified atom stereocenters. The molecule has 1 heterocycles. The first kappa shape index (κ1) is 16.7. The molecular formula is C18H17N3O4. The van der Waals surface area contributed by atoms with E-state index in [-0.39, 0.29) is 12.3 Å². The lowest BCUT2D eigenvalue weighted by Crippen LogP contribution is -2.16. The number of ether oxygens (including phenoxy) is 1. The van der Waals surface area contributed by atoms with E-state index in [2.05, 4.69) is 10.3 Å². The summed E-state index contributed by atoms with van der Waals surface area (Å²) in [5.41, 5.74) is 1.47. The molecule has 0 spiro atoms. The van der Waals surface area contributed by atoms with Gasteiger partial charge in [0, 0.05) is 35.1 Å². The predicted octanol–water partition coefficient (Wildman–Crippen LogP) is 3.30. The molecule has 0 fully saturated rings. The van der Waals surface area contributed by atoms with Gasteiger partial charge in [-0.05, 0) is 18.2 Å². The van der Waals surface area contributed by atoms with Crippen molar-refractivity contribution in [3.63, 3.8) is 0 Å². The number of anilines is 1. The number of para-hydroxylation sites is 1. The Balaban J connectivity index is 2.05. The number of fused-ring (bicyclic) bond motifs is 1. The molecule has 1 atom stereocenters. The zero-order valence-corrected chi connectivity index (χ0v) is 13.5. The van der Waals surface area contributed by atoms with Crippen molar-refractivity contribution in [2.24, 2.45) is 0 Å².